The third kappa shape index (κ3) is 3.79. The summed E-state index contributed by atoms with van der Waals surface area (Å²) in [6.07, 6.45) is 1.67. The van der Waals surface area contributed by atoms with Crippen molar-refractivity contribution in [2.75, 3.05) is 6.61 Å². The van der Waals surface area contributed by atoms with Gasteiger partial charge < -0.3 is 9.26 Å². The maximum atomic E-state index is 13.1. The van der Waals surface area contributed by atoms with Crippen LogP contribution in [-0.2, 0) is 16.6 Å². The minimum Gasteiger partial charge on any atom is -0.493 e. The van der Waals surface area contributed by atoms with Gasteiger partial charge in [-0.3, -0.25) is 0 Å². The van der Waals surface area contributed by atoms with Gasteiger partial charge in [0.2, 0.25) is 21.7 Å². The Hall–Kier alpha value is -2.71. The molecule has 1 fully saturated rings. The minimum absolute atomic E-state index is 0.0312. The molecule has 0 N–H and O–H groups in total. The largest absolute Gasteiger partial charge is 0.493 e. The molecule has 0 bridgehead atoms. The van der Waals surface area contributed by atoms with Crippen LogP contribution in [0.4, 0.5) is 0 Å². The molecule has 1 aliphatic carbocycles. The van der Waals surface area contributed by atoms with Gasteiger partial charge in [0.05, 0.1) is 23.6 Å². The highest BCUT2D eigenvalue weighted by Gasteiger charge is 2.39. The number of para-hydroxylation sites is 1. The van der Waals surface area contributed by atoms with Crippen LogP contribution in [-0.4, -0.2) is 35.5 Å². The molecule has 0 radical (unpaired) electrons. The predicted octanol–water partition coefficient (Wildman–Crippen LogP) is 3.49. The molecule has 0 atom stereocenters. The Morgan fingerprint density at radius 3 is 2.54 bits per heavy atom. The van der Waals surface area contributed by atoms with Crippen LogP contribution in [0.5, 0.6) is 5.75 Å². The molecule has 1 aliphatic rings. The molecule has 0 amide bonds. The molecule has 1 heterocycles. The number of ether oxygens (including phenoxy) is 1. The van der Waals surface area contributed by atoms with Crippen molar-refractivity contribution in [1.82, 2.24) is 14.4 Å². The lowest BCUT2D eigenvalue weighted by Crippen LogP contribution is -2.32. The lowest BCUT2D eigenvalue weighted by atomic mass is 10.2. The summed E-state index contributed by atoms with van der Waals surface area (Å²) in [6, 6.07) is 15.8. The highest BCUT2D eigenvalue weighted by atomic mass is 32.2. The Bertz CT molecular complexity index is 1050. The third-order valence-corrected chi connectivity index (χ3v) is 6.40. The molecule has 0 spiro atoms. The summed E-state index contributed by atoms with van der Waals surface area (Å²) in [5, 5.41) is 4.03. The monoisotopic (exact) mass is 399 g/mol. The van der Waals surface area contributed by atoms with Crippen LogP contribution < -0.4 is 4.74 Å². The Morgan fingerprint density at radius 1 is 1.11 bits per heavy atom. The first kappa shape index (κ1) is 18.6. The number of hydrogen-bond donors (Lipinski definition) is 0. The van der Waals surface area contributed by atoms with Gasteiger partial charge in [-0.25, -0.2) is 8.42 Å². The molecule has 1 saturated carbocycles. The van der Waals surface area contributed by atoms with Crippen LogP contribution in [0.3, 0.4) is 0 Å². The van der Waals surface area contributed by atoms with Crippen LogP contribution in [0.2, 0.25) is 0 Å². The Balaban J connectivity index is 1.61. The van der Waals surface area contributed by atoms with Crippen molar-refractivity contribution in [3.63, 3.8) is 0 Å². The van der Waals surface area contributed by atoms with Crippen molar-refractivity contribution >= 4 is 10.0 Å². The minimum atomic E-state index is -3.63. The standard InChI is InChI=1S/C20H21N3O4S/c1-2-26-18-11-7-6-10-17(18)20-21-19(27-22-20)14-23(15-12-13-15)28(24,25)16-8-4-3-5-9-16/h3-11,15H,2,12-14H2,1H3. The van der Waals surface area contributed by atoms with E-state index < -0.39 is 10.0 Å². The lowest BCUT2D eigenvalue weighted by Gasteiger charge is -2.20. The molecule has 4 rings (SSSR count). The smallest absolute Gasteiger partial charge is 0.243 e. The normalized spacial score (nSPS) is 14.4. The summed E-state index contributed by atoms with van der Waals surface area (Å²) in [7, 11) is -3.63. The Morgan fingerprint density at radius 2 is 1.82 bits per heavy atom. The zero-order valence-electron chi connectivity index (χ0n) is 15.5. The molecule has 2 aromatic carbocycles. The van der Waals surface area contributed by atoms with Gasteiger partial charge in [-0.1, -0.05) is 35.5 Å². The average molecular weight is 399 g/mol. The van der Waals surface area contributed by atoms with Gasteiger partial charge >= 0.3 is 0 Å². The van der Waals surface area contributed by atoms with E-state index in [1.807, 2.05) is 31.2 Å². The molecular weight excluding hydrogens is 378 g/mol. The van der Waals surface area contributed by atoms with Gasteiger partial charge in [-0.2, -0.15) is 9.29 Å². The summed E-state index contributed by atoms with van der Waals surface area (Å²) in [6.45, 7) is 2.47. The summed E-state index contributed by atoms with van der Waals surface area (Å²) in [5.74, 6) is 1.30. The van der Waals surface area contributed by atoms with Crippen molar-refractivity contribution in [1.29, 1.82) is 0 Å². The zero-order valence-corrected chi connectivity index (χ0v) is 16.3. The fourth-order valence-corrected chi connectivity index (χ4v) is 4.65. The highest BCUT2D eigenvalue weighted by Crippen LogP contribution is 2.34. The van der Waals surface area contributed by atoms with E-state index in [1.165, 1.54) is 4.31 Å². The number of nitrogens with zero attached hydrogens (tertiary/aromatic N) is 3. The van der Waals surface area contributed by atoms with Crippen LogP contribution in [0, 0.1) is 0 Å². The molecule has 0 unspecified atom stereocenters. The molecule has 0 aliphatic heterocycles. The van der Waals surface area contributed by atoms with Crippen LogP contribution in [0.15, 0.2) is 64.0 Å². The predicted molar refractivity (Wildman–Crippen MR) is 103 cm³/mol. The maximum absolute atomic E-state index is 13.1. The van der Waals surface area contributed by atoms with Gasteiger partial charge in [-0.05, 0) is 44.0 Å². The van der Waals surface area contributed by atoms with Gasteiger partial charge in [0, 0.05) is 6.04 Å². The summed E-state index contributed by atoms with van der Waals surface area (Å²) >= 11 is 0. The molecule has 7 nitrogen and oxygen atoms in total. The van der Waals surface area contributed by atoms with Gasteiger partial charge in [0.15, 0.2) is 0 Å². The molecule has 28 heavy (non-hydrogen) atoms. The second kappa shape index (κ2) is 7.73. The van der Waals surface area contributed by atoms with Crippen molar-refractivity contribution in [2.45, 2.75) is 37.2 Å². The molecule has 146 valence electrons. The van der Waals surface area contributed by atoms with Gasteiger partial charge in [-0.15, -0.1) is 0 Å². The Kier molecular flexibility index (Phi) is 5.15. The number of sulfonamides is 1. The average Bonchev–Trinajstić information content (AvgIpc) is 3.45. The Labute approximate surface area is 164 Å². The van der Waals surface area contributed by atoms with Crippen LogP contribution in [0.25, 0.3) is 11.4 Å². The van der Waals surface area contributed by atoms with Gasteiger partial charge in [0.1, 0.15) is 5.75 Å². The van der Waals surface area contributed by atoms with E-state index in [9.17, 15) is 8.42 Å². The van der Waals surface area contributed by atoms with E-state index in [2.05, 4.69) is 10.1 Å². The first-order valence-electron chi connectivity index (χ1n) is 9.21. The van der Waals surface area contributed by atoms with Crippen LogP contribution >= 0.6 is 0 Å². The fourth-order valence-electron chi connectivity index (χ4n) is 3.00. The summed E-state index contributed by atoms with van der Waals surface area (Å²) in [5.41, 5.74) is 0.711. The van der Waals surface area contributed by atoms with Crippen molar-refractivity contribution < 1.29 is 17.7 Å². The van der Waals surface area contributed by atoms with Crippen molar-refractivity contribution in [3.8, 4) is 17.1 Å². The summed E-state index contributed by atoms with van der Waals surface area (Å²) < 4.78 is 38.5. The zero-order chi connectivity index (χ0) is 19.6. The van der Waals surface area contributed by atoms with E-state index in [0.717, 1.165) is 12.8 Å². The first-order valence-corrected chi connectivity index (χ1v) is 10.7. The molecule has 1 aromatic heterocycles. The van der Waals surface area contributed by atoms with E-state index in [4.69, 9.17) is 9.26 Å². The SMILES string of the molecule is CCOc1ccccc1-c1noc(CN(C2CC2)S(=O)(=O)c2ccccc2)n1. The van der Waals surface area contributed by atoms with Crippen LogP contribution in [0.1, 0.15) is 25.7 Å². The first-order chi connectivity index (χ1) is 13.6. The maximum Gasteiger partial charge on any atom is 0.243 e. The van der Waals surface area contributed by atoms with E-state index in [1.54, 1.807) is 30.3 Å². The topological polar surface area (TPSA) is 85.5 Å². The summed E-state index contributed by atoms with van der Waals surface area (Å²) in [4.78, 5) is 4.68. The third-order valence-electron chi connectivity index (χ3n) is 4.49. The second-order valence-corrected chi connectivity index (χ2v) is 8.43. The fraction of sp³-hybridized carbons (Fsp3) is 0.300. The number of aromatic nitrogens is 2. The van der Waals surface area contributed by atoms with E-state index in [-0.39, 0.29) is 23.4 Å². The van der Waals surface area contributed by atoms with E-state index >= 15 is 0 Å². The molecular formula is C20H21N3O4S. The lowest BCUT2D eigenvalue weighted by molar-refractivity contribution is 0.311. The molecule has 8 heteroatoms. The quantitative estimate of drug-likeness (QED) is 0.576. The highest BCUT2D eigenvalue weighted by molar-refractivity contribution is 7.89. The number of hydrogen-bond acceptors (Lipinski definition) is 6. The second-order valence-electron chi connectivity index (χ2n) is 6.54. The van der Waals surface area contributed by atoms with Crippen molar-refractivity contribution in [3.05, 3.63) is 60.5 Å². The molecule has 0 saturated heterocycles. The molecule has 3 aromatic rings. The number of rotatable bonds is 8. The van der Waals surface area contributed by atoms with Gasteiger partial charge in [0.25, 0.3) is 0 Å². The van der Waals surface area contributed by atoms with Crippen molar-refractivity contribution in [2.24, 2.45) is 0 Å². The van der Waals surface area contributed by atoms with E-state index in [0.29, 0.717) is 23.7 Å². The number of benzene rings is 2.